The second-order valence-electron chi connectivity index (χ2n) is 10.6. The summed E-state index contributed by atoms with van der Waals surface area (Å²) in [5.41, 5.74) is 0.100. The fraction of sp³-hybridized carbons (Fsp3) is 0.481. The van der Waals surface area contributed by atoms with Gasteiger partial charge in [-0.15, -0.1) is 0 Å². The minimum Gasteiger partial charge on any atom is -0.464 e. The summed E-state index contributed by atoms with van der Waals surface area (Å²) in [6.07, 6.45) is 3.80. The lowest BCUT2D eigenvalue weighted by Gasteiger charge is -2.36. The Kier molecular flexibility index (Phi) is 6.45. The third-order valence-electron chi connectivity index (χ3n) is 6.65. The molecule has 0 aliphatic carbocycles. The summed E-state index contributed by atoms with van der Waals surface area (Å²) in [5, 5.41) is 2.91. The molecule has 3 aliphatic rings. The number of likely N-dealkylation sites (tertiary alicyclic amines) is 1. The van der Waals surface area contributed by atoms with Gasteiger partial charge in [0, 0.05) is 12.2 Å². The normalized spacial score (nSPS) is 24.8. The van der Waals surface area contributed by atoms with Gasteiger partial charge in [-0.1, -0.05) is 29.8 Å². The third kappa shape index (κ3) is 4.16. The monoisotopic (exact) mass is 495 g/mol. The fourth-order valence-electron chi connectivity index (χ4n) is 5.22. The van der Waals surface area contributed by atoms with E-state index in [0.717, 1.165) is 5.57 Å². The summed E-state index contributed by atoms with van der Waals surface area (Å²) in [4.78, 5) is 56.4. The van der Waals surface area contributed by atoms with Crippen molar-refractivity contribution < 1.29 is 28.7 Å². The van der Waals surface area contributed by atoms with Crippen LogP contribution in [0.2, 0.25) is 0 Å². The van der Waals surface area contributed by atoms with E-state index < -0.39 is 41.1 Å². The van der Waals surface area contributed by atoms with Crippen LogP contribution in [-0.2, 0) is 29.3 Å². The predicted octanol–water partition coefficient (Wildman–Crippen LogP) is 3.51. The Hall–Kier alpha value is -3.62. The minimum atomic E-state index is -1.32. The van der Waals surface area contributed by atoms with E-state index in [1.807, 2.05) is 38.1 Å². The molecule has 0 unspecified atom stereocenters. The largest absolute Gasteiger partial charge is 0.464 e. The van der Waals surface area contributed by atoms with Crippen LogP contribution in [-0.4, -0.2) is 65.0 Å². The lowest BCUT2D eigenvalue weighted by Crippen LogP contribution is -2.55. The number of hydrogen-bond acceptors (Lipinski definition) is 6. The summed E-state index contributed by atoms with van der Waals surface area (Å²) in [5.74, 6) is -1.52. The molecule has 1 aromatic carbocycles. The number of nitrogens with zero attached hydrogens (tertiary/aromatic N) is 2. The van der Waals surface area contributed by atoms with Crippen molar-refractivity contribution in [1.29, 1.82) is 0 Å². The Morgan fingerprint density at radius 3 is 2.50 bits per heavy atom. The molecule has 4 rings (SSSR count). The van der Waals surface area contributed by atoms with Crippen LogP contribution in [0.15, 0.2) is 47.7 Å². The van der Waals surface area contributed by atoms with E-state index in [9.17, 15) is 19.2 Å². The summed E-state index contributed by atoms with van der Waals surface area (Å²) >= 11 is 0. The van der Waals surface area contributed by atoms with Crippen molar-refractivity contribution in [2.75, 3.05) is 19.0 Å². The van der Waals surface area contributed by atoms with E-state index in [2.05, 4.69) is 5.32 Å². The molecule has 192 valence electrons. The van der Waals surface area contributed by atoms with Gasteiger partial charge in [-0.3, -0.25) is 19.4 Å². The number of hydrogen-bond donors (Lipinski definition) is 1. The number of ether oxygens (including phenoxy) is 2. The van der Waals surface area contributed by atoms with Crippen LogP contribution < -0.4 is 5.32 Å². The van der Waals surface area contributed by atoms with Crippen LogP contribution in [0, 0.1) is 0 Å². The molecule has 9 heteroatoms. The Morgan fingerprint density at radius 1 is 1.17 bits per heavy atom. The van der Waals surface area contributed by atoms with Crippen LogP contribution in [0.4, 0.5) is 10.5 Å². The van der Waals surface area contributed by atoms with Crippen LogP contribution >= 0.6 is 0 Å². The first kappa shape index (κ1) is 25.5. The van der Waals surface area contributed by atoms with Gasteiger partial charge in [0.2, 0.25) is 5.91 Å². The van der Waals surface area contributed by atoms with Gasteiger partial charge in [0.25, 0.3) is 5.91 Å². The van der Waals surface area contributed by atoms with E-state index in [-0.39, 0.29) is 11.6 Å². The molecule has 3 aliphatic heterocycles. The molecule has 1 saturated heterocycles. The summed E-state index contributed by atoms with van der Waals surface area (Å²) in [7, 11) is 1.23. The van der Waals surface area contributed by atoms with Gasteiger partial charge < -0.3 is 14.8 Å². The van der Waals surface area contributed by atoms with Crippen molar-refractivity contribution in [3.8, 4) is 0 Å². The Balaban J connectivity index is 1.83. The smallest absolute Gasteiger partial charge is 0.410 e. The zero-order chi connectivity index (χ0) is 26.4. The number of carbonyl (C=O) groups excluding carboxylic acids is 4. The molecular weight excluding hydrogens is 462 g/mol. The Labute approximate surface area is 211 Å². The maximum Gasteiger partial charge on any atom is 0.410 e. The average Bonchev–Trinajstić information content (AvgIpc) is 3.48. The van der Waals surface area contributed by atoms with Gasteiger partial charge >= 0.3 is 12.1 Å². The SMILES string of the molecule is COC(=O)C1=C[C@]2(C(=O)Nc3ccccc32)[C@H](C=C(C)C)N1C(=O)[C@@H]1CCCN1C(=O)OC(C)(C)C. The van der Waals surface area contributed by atoms with Crippen LogP contribution in [0.5, 0.6) is 0 Å². The van der Waals surface area contributed by atoms with Gasteiger partial charge in [-0.2, -0.15) is 0 Å². The third-order valence-corrected chi connectivity index (χ3v) is 6.65. The number of anilines is 1. The molecule has 36 heavy (non-hydrogen) atoms. The highest BCUT2D eigenvalue weighted by Gasteiger charge is 2.60. The first-order valence-electron chi connectivity index (χ1n) is 12.1. The number of carbonyl (C=O) groups is 4. The summed E-state index contributed by atoms with van der Waals surface area (Å²) in [6, 6.07) is 5.58. The van der Waals surface area contributed by atoms with Crippen molar-refractivity contribution in [1.82, 2.24) is 9.80 Å². The van der Waals surface area contributed by atoms with Gasteiger partial charge in [-0.05, 0) is 65.2 Å². The molecule has 3 heterocycles. The van der Waals surface area contributed by atoms with Crippen molar-refractivity contribution in [2.24, 2.45) is 0 Å². The Morgan fingerprint density at radius 2 is 1.86 bits per heavy atom. The van der Waals surface area contributed by atoms with Crippen molar-refractivity contribution in [3.63, 3.8) is 0 Å². The number of fused-ring (bicyclic) bond motifs is 2. The van der Waals surface area contributed by atoms with Crippen LogP contribution in [0.3, 0.4) is 0 Å². The zero-order valence-electron chi connectivity index (χ0n) is 21.6. The number of amides is 3. The number of methoxy groups -OCH3 is 1. The van der Waals surface area contributed by atoms with Crippen LogP contribution in [0.1, 0.15) is 53.0 Å². The van der Waals surface area contributed by atoms with Gasteiger partial charge in [0.05, 0.1) is 13.2 Å². The quantitative estimate of drug-likeness (QED) is 0.508. The molecule has 1 aromatic rings. The standard InChI is InChI=1S/C27H33N3O6/c1-16(2)14-21-27(17-10-7-8-11-18(17)28-24(27)33)15-20(23(32)35-6)30(21)22(31)19-12-9-13-29(19)25(34)36-26(3,4)5/h7-8,10-11,14-15,19,21H,9,12-13H2,1-6H3,(H,28,33)/t19-,21-,27+/m0/s1. The van der Waals surface area contributed by atoms with Crippen molar-refractivity contribution >= 4 is 29.6 Å². The number of allylic oxidation sites excluding steroid dienone is 1. The molecular formula is C27H33N3O6. The number of rotatable bonds is 3. The molecule has 1 spiro atoms. The van der Waals surface area contributed by atoms with Crippen molar-refractivity contribution in [3.05, 3.63) is 53.3 Å². The number of esters is 1. The summed E-state index contributed by atoms with van der Waals surface area (Å²) in [6.45, 7) is 9.39. The Bertz CT molecular complexity index is 1180. The molecule has 1 fully saturated rings. The second kappa shape index (κ2) is 9.11. The first-order chi connectivity index (χ1) is 16.9. The molecule has 1 N–H and O–H groups in total. The van der Waals surface area contributed by atoms with E-state index in [4.69, 9.17) is 9.47 Å². The topological polar surface area (TPSA) is 105 Å². The van der Waals surface area contributed by atoms with E-state index in [0.29, 0.717) is 30.6 Å². The number of benzene rings is 1. The lowest BCUT2D eigenvalue weighted by molar-refractivity contribution is -0.144. The molecule has 3 amide bonds. The molecule has 9 nitrogen and oxygen atoms in total. The molecule has 0 aromatic heterocycles. The maximum absolute atomic E-state index is 14.2. The highest BCUT2D eigenvalue weighted by atomic mass is 16.6. The summed E-state index contributed by atoms with van der Waals surface area (Å²) < 4.78 is 10.6. The van der Waals surface area contributed by atoms with Crippen LogP contribution in [0.25, 0.3) is 0 Å². The molecule has 0 saturated carbocycles. The maximum atomic E-state index is 14.2. The molecule has 3 atom stereocenters. The highest BCUT2D eigenvalue weighted by Crippen LogP contribution is 2.49. The number of para-hydroxylation sites is 1. The number of nitrogens with one attached hydrogen (secondary N) is 1. The molecule has 0 bridgehead atoms. The average molecular weight is 496 g/mol. The lowest BCUT2D eigenvalue weighted by atomic mass is 9.75. The van der Waals surface area contributed by atoms with Gasteiger partial charge in [0.15, 0.2) is 0 Å². The second-order valence-corrected chi connectivity index (χ2v) is 10.6. The van der Waals surface area contributed by atoms with Crippen molar-refractivity contribution in [2.45, 2.75) is 70.6 Å². The van der Waals surface area contributed by atoms with Gasteiger partial charge in [0.1, 0.15) is 22.8 Å². The van der Waals surface area contributed by atoms with E-state index in [1.165, 1.54) is 23.0 Å². The first-order valence-corrected chi connectivity index (χ1v) is 12.1. The van der Waals surface area contributed by atoms with E-state index in [1.54, 1.807) is 26.8 Å². The van der Waals surface area contributed by atoms with E-state index >= 15 is 0 Å². The predicted molar refractivity (Wildman–Crippen MR) is 133 cm³/mol. The zero-order valence-corrected chi connectivity index (χ0v) is 21.6. The minimum absolute atomic E-state index is 0.0205. The molecule has 0 radical (unpaired) electrons. The highest BCUT2D eigenvalue weighted by molar-refractivity contribution is 6.12. The van der Waals surface area contributed by atoms with Gasteiger partial charge in [-0.25, -0.2) is 9.59 Å². The fourth-order valence-corrected chi connectivity index (χ4v) is 5.22.